The third kappa shape index (κ3) is 1.23. The number of hydrogen-bond donors (Lipinski definition) is 2. The van der Waals surface area contributed by atoms with Gasteiger partial charge in [-0.15, -0.1) is 0 Å². The molecule has 0 radical (unpaired) electrons. The zero-order valence-corrected chi connectivity index (χ0v) is 5.87. The Kier molecular flexibility index (Phi) is 1.97. The number of carboxylic acids is 1. The van der Waals surface area contributed by atoms with Crippen LogP contribution in [0.4, 0.5) is 8.78 Å². The Balaban J connectivity index is 3.01. The summed E-state index contributed by atoms with van der Waals surface area (Å²) in [5.41, 5.74) is 0. The minimum Gasteiger partial charge on any atom is -0.481 e. The SMILES string of the molecule is O=C(O)C1C=CC=C(F)C1(O)F. The van der Waals surface area contributed by atoms with Crippen LogP contribution in [0.3, 0.4) is 0 Å². The summed E-state index contributed by atoms with van der Waals surface area (Å²) < 4.78 is 25.4. The molecule has 1 aliphatic rings. The van der Waals surface area contributed by atoms with Crippen molar-refractivity contribution in [2.75, 3.05) is 0 Å². The van der Waals surface area contributed by atoms with Crippen LogP contribution in [0.1, 0.15) is 0 Å². The van der Waals surface area contributed by atoms with Gasteiger partial charge in [0.05, 0.1) is 0 Å². The maximum atomic E-state index is 12.9. The van der Waals surface area contributed by atoms with Crippen LogP contribution in [0.2, 0.25) is 0 Å². The third-order valence-corrected chi connectivity index (χ3v) is 1.56. The van der Waals surface area contributed by atoms with Crippen molar-refractivity contribution in [2.45, 2.75) is 5.85 Å². The lowest BCUT2D eigenvalue weighted by molar-refractivity contribution is -0.161. The van der Waals surface area contributed by atoms with Gasteiger partial charge in [0.1, 0.15) is 5.92 Å². The van der Waals surface area contributed by atoms with E-state index in [0.717, 1.165) is 12.2 Å². The highest BCUT2D eigenvalue weighted by atomic mass is 19.2. The first-order valence-corrected chi connectivity index (χ1v) is 3.15. The zero-order valence-electron chi connectivity index (χ0n) is 5.87. The number of carbonyl (C=O) groups is 1. The quantitative estimate of drug-likeness (QED) is 0.620. The summed E-state index contributed by atoms with van der Waals surface area (Å²) in [6.07, 6.45) is 2.60. The van der Waals surface area contributed by atoms with Crippen LogP contribution in [0.5, 0.6) is 0 Å². The fourth-order valence-corrected chi connectivity index (χ4v) is 0.890. The van der Waals surface area contributed by atoms with Crippen molar-refractivity contribution < 1.29 is 23.8 Å². The van der Waals surface area contributed by atoms with Gasteiger partial charge in [-0.2, -0.15) is 0 Å². The zero-order chi connectivity index (χ0) is 9.35. The summed E-state index contributed by atoms with van der Waals surface area (Å²) in [5.74, 6) is -8.39. The Bertz CT molecular complexity index is 268. The molecule has 2 unspecified atom stereocenters. The van der Waals surface area contributed by atoms with Crippen molar-refractivity contribution >= 4 is 5.97 Å². The molecule has 0 amide bonds. The molecule has 3 nitrogen and oxygen atoms in total. The number of aliphatic hydroxyl groups is 1. The molecule has 1 rings (SSSR count). The van der Waals surface area contributed by atoms with Crippen molar-refractivity contribution in [3.05, 3.63) is 24.1 Å². The molecule has 0 spiro atoms. The number of allylic oxidation sites excluding steroid dienone is 2. The molecular weight excluding hydrogens is 170 g/mol. The van der Waals surface area contributed by atoms with Crippen molar-refractivity contribution in [3.63, 3.8) is 0 Å². The number of halogens is 2. The Morgan fingerprint density at radius 2 is 2.25 bits per heavy atom. The van der Waals surface area contributed by atoms with Crippen LogP contribution < -0.4 is 0 Å². The molecule has 5 heteroatoms. The lowest BCUT2D eigenvalue weighted by Crippen LogP contribution is -2.39. The van der Waals surface area contributed by atoms with Gasteiger partial charge in [0.25, 0.3) is 5.85 Å². The van der Waals surface area contributed by atoms with E-state index < -0.39 is 23.6 Å². The average Bonchev–Trinajstić information content (AvgIpc) is 1.94. The number of hydrogen-bond acceptors (Lipinski definition) is 2. The minimum absolute atomic E-state index is 0.680. The molecule has 0 aromatic carbocycles. The van der Waals surface area contributed by atoms with Crippen LogP contribution in [0.25, 0.3) is 0 Å². The van der Waals surface area contributed by atoms with Crippen molar-refractivity contribution in [1.29, 1.82) is 0 Å². The summed E-state index contributed by atoms with van der Waals surface area (Å²) in [4.78, 5) is 10.3. The van der Waals surface area contributed by atoms with E-state index in [-0.39, 0.29) is 0 Å². The van der Waals surface area contributed by atoms with Crippen molar-refractivity contribution in [2.24, 2.45) is 5.92 Å². The molecule has 0 saturated heterocycles. The molecule has 66 valence electrons. The third-order valence-electron chi connectivity index (χ3n) is 1.56. The first-order chi connectivity index (χ1) is 5.46. The van der Waals surface area contributed by atoms with Gasteiger partial charge in [0.2, 0.25) is 0 Å². The molecule has 2 atom stereocenters. The molecule has 0 aromatic rings. The summed E-state index contributed by atoms with van der Waals surface area (Å²) in [6.45, 7) is 0. The molecule has 0 fully saturated rings. The molecule has 0 heterocycles. The first-order valence-electron chi connectivity index (χ1n) is 3.15. The Labute approximate surface area is 66.6 Å². The van der Waals surface area contributed by atoms with Gasteiger partial charge in [-0.25, -0.2) is 8.78 Å². The van der Waals surface area contributed by atoms with E-state index in [9.17, 15) is 13.6 Å². The number of aliphatic carboxylic acids is 1. The molecule has 12 heavy (non-hydrogen) atoms. The Morgan fingerprint density at radius 1 is 1.67 bits per heavy atom. The summed E-state index contributed by atoms with van der Waals surface area (Å²) in [7, 11) is 0. The Hall–Kier alpha value is -1.23. The second kappa shape index (κ2) is 2.67. The average molecular weight is 176 g/mol. The summed E-state index contributed by atoms with van der Waals surface area (Å²) in [6, 6.07) is 0. The maximum absolute atomic E-state index is 12.9. The smallest absolute Gasteiger partial charge is 0.316 e. The van der Waals surface area contributed by atoms with Crippen molar-refractivity contribution in [1.82, 2.24) is 0 Å². The molecule has 0 saturated carbocycles. The van der Waals surface area contributed by atoms with Gasteiger partial charge >= 0.3 is 5.97 Å². The van der Waals surface area contributed by atoms with Crippen LogP contribution >= 0.6 is 0 Å². The number of alkyl halides is 1. The number of carboxylic acid groups (broad SMARTS) is 1. The van der Waals surface area contributed by atoms with Crippen LogP contribution in [-0.2, 0) is 4.79 Å². The fourth-order valence-electron chi connectivity index (χ4n) is 0.890. The first kappa shape index (κ1) is 8.86. The van der Waals surface area contributed by atoms with Crippen LogP contribution in [-0.4, -0.2) is 22.0 Å². The molecule has 0 aliphatic heterocycles. The lowest BCUT2D eigenvalue weighted by Gasteiger charge is -2.23. The standard InChI is InChI=1S/C7H6F2O3/c8-5-3-1-2-4(6(10)11)7(5,9)12/h1-4,12H,(H,10,11). The van der Waals surface area contributed by atoms with Gasteiger partial charge in [0.15, 0.2) is 5.83 Å². The van der Waals surface area contributed by atoms with E-state index in [4.69, 9.17) is 10.2 Å². The molecule has 2 N–H and O–H groups in total. The highest BCUT2D eigenvalue weighted by molar-refractivity contribution is 5.74. The lowest BCUT2D eigenvalue weighted by atomic mass is 9.94. The number of rotatable bonds is 1. The molecule has 0 aromatic heterocycles. The van der Waals surface area contributed by atoms with E-state index in [0.29, 0.717) is 6.08 Å². The second-order valence-corrected chi connectivity index (χ2v) is 2.39. The van der Waals surface area contributed by atoms with Gasteiger partial charge in [0, 0.05) is 0 Å². The van der Waals surface area contributed by atoms with E-state index in [2.05, 4.69) is 0 Å². The largest absolute Gasteiger partial charge is 0.481 e. The molecular formula is C7H6F2O3. The highest BCUT2D eigenvalue weighted by Gasteiger charge is 2.46. The van der Waals surface area contributed by atoms with Gasteiger partial charge in [-0.3, -0.25) is 4.79 Å². The fraction of sp³-hybridized carbons (Fsp3) is 0.286. The summed E-state index contributed by atoms with van der Waals surface area (Å²) in [5, 5.41) is 17.1. The summed E-state index contributed by atoms with van der Waals surface area (Å²) >= 11 is 0. The minimum atomic E-state index is -3.42. The normalized spacial score (nSPS) is 34.6. The van der Waals surface area contributed by atoms with E-state index >= 15 is 0 Å². The van der Waals surface area contributed by atoms with Crippen molar-refractivity contribution in [3.8, 4) is 0 Å². The molecule has 0 bridgehead atoms. The Morgan fingerprint density at radius 3 is 2.67 bits per heavy atom. The highest BCUT2D eigenvalue weighted by Crippen LogP contribution is 2.33. The predicted molar refractivity (Wildman–Crippen MR) is 35.5 cm³/mol. The second-order valence-electron chi connectivity index (χ2n) is 2.39. The monoisotopic (exact) mass is 176 g/mol. The van der Waals surface area contributed by atoms with E-state index in [1.165, 1.54) is 0 Å². The van der Waals surface area contributed by atoms with E-state index in [1.54, 1.807) is 0 Å². The van der Waals surface area contributed by atoms with E-state index in [1.807, 2.05) is 0 Å². The van der Waals surface area contributed by atoms with Gasteiger partial charge < -0.3 is 10.2 Å². The van der Waals surface area contributed by atoms with Crippen LogP contribution in [0, 0.1) is 5.92 Å². The predicted octanol–water partition coefficient (Wildman–Crippen LogP) is 0.768. The molecule has 1 aliphatic carbocycles. The maximum Gasteiger partial charge on any atom is 0.316 e. The van der Waals surface area contributed by atoms with Crippen LogP contribution in [0.15, 0.2) is 24.1 Å². The topological polar surface area (TPSA) is 57.5 Å². The van der Waals surface area contributed by atoms with Gasteiger partial charge in [-0.05, 0) is 6.08 Å². The van der Waals surface area contributed by atoms with Gasteiger partial charge in [-0.1, -0.05) is 12.2 Å².